The summed E-state index contributed by atoms with van der Waals surface area (Å²) in [7, 11) is 1.64. The number of benzene rings is 1. The molecule has 0 radical (unpaired) electrons. The molecule has 1 atom stereocenters. The number of fused-ring (bicyclic) bond motifs is 1. The van der Waals surface area contributed by atoms with Crippen LogP contribution in [0.1, 0.15) is 12.0 Å². The number of anilines is 2. The van der Waals surface area contributed by atoms with Crippen molar-refractivity contribution < 1.29 is 9.84 Å². The topological polar surface area (TPSA) is 87.8 Å². The summed E-state index contributed by atoms with van der Waals surface area (Å²) in [5.74, 6) is 1.10. The van der Waals surface area contributed by atoms with Crippen molar-refractivity contribution in [2.75, 3.05) is 25.5 Å². The summed E-state index contributed by atoms with van der Waals surface area (Å²) < 4.78 is 7.53. The van der Waals surface area contributed by atoms with Crippen molar-refractivity contribution in [3.8, 4) is 17.1 Å². The van der Waals surface area contributed by atoms with Gasteiger partial charge in [-0.1, -0.05) is 23.7 Å². The number of β-amino-alcohol motifs (C(OH)–C–C–N with tert-alkyl or cyclic N) is 1. The Morgan fingerprint density at radius 2 is 2.12 bits per heavy atom. The lowest BCUT2D eigenvalue weighted by molar-refractivity contribution is 0.175. The minimum absolute atomic E-state index is 0.234. The molecule has 0 aliphatic carbocycles. The first kappa shape index (κ1) is 20.7. The summed E-state index contributed by atoms with van der Waals surface area (Å²) in [4.78, 5) is 15.6. The van der Waals surface area contributed by atoms with Crippen LogP contribution in [0, 0.1) is 0 Å². The second-order valence-corrected chi connectivity index (χ2v) is 8.21. The number of nitrogens with one attached hydrogen (secondary N) is 1. The fourth-order valence-electron chi connectivity index (χ4n) is 3.99. The molecule has 4 heterocycles. The molecular weight excluding hydrogens is 428 g/mol. The SMILES string of the molecule is COc1cc(CN2CC[C@@H](O)C2)ccc1Nc1ncc(Cl)c(-c2cnc3ccccn23)n1. The van der Waals surface area contributed by atoms with Crippen LogP contribution in [0.25, 0.3) is 17.0 Å². The smallest absolute Gasteiger partial charge is 0.227 e. The fraction of sp³-hybridized carbons (Fsp3) is 0.261. The van der Waals surface area contributed by atoms with Crippen LogP contribution in [-0.4, -0.2) is 55.7 Å². The number of likely N-dealkylation sites (tertiary alicyclic amines) is 1. The molecule has 164 valence electrons. The highest BCUT2D eigenvalue weighted by atomic mass is 35.5. The van der Waals surface area contributed by atoms with Gasteiger partial charge in [0.2, 0.25) is 5.95 Å². The Hall–Kier alpha value is -3.20. The number of aliphatic hydroxyl groups is 1. The van der Waals surface area contributed by atoms with Crippen molar-refractivity contribution in [3.63, 3.8) is 0 Å². The Bertz CT molecular complexity index is 1260. The Morgan fingerprint density at radius 3 is 2.94 bits per heavy atom. The molecule has 8 nitrogen and oxygen atoms in total. The molecular formula is C23H23ClN6O2. The number of pyridine rings is 1. The maximum Gasteiger partial charge on any atom is 0.227 e. The standard InChI is InChI=1S/C23H23ClN6O2/c1-32-20-10-15(13-29-9-7-16(31)14-29)5-6-18(20)27-23-26-11-17(24)22(28-23)19-12-25-21-4-2-3-8-30(19)21/h2-6,8,10-12,16,31H,7,9,13-14H2,1H3,(H,26,27,28)/t16-/m1/s1. The van der Waals surface area contributed by atoms with Gasteiger partial charge < -0.3 is 15.2 Å². The number of halogens is 1. The third kappa shape index (κ3) is 4.12. The van der Waals surface area contributed by atoms with E-state index < -0.39 is 0 Å². The summed E-state index contributed by atoms with van der Waals surface area (Å²) in [5.41, 5.74) is 4.06. The van der Waals surface area contributed by atoms with Crippen molar-refractivity contribution in [2.24, 2.45) is 0 Å². The lowest BCUT2D eigenvalue weighted by Gasteiger charge is -2.17. The summed E-state index contributed by atoms with van der Waals surface area (Å²) in [6, 6.07) is 11.8. The molecule has 0 spiro atoms. The van der Waals surface area contributed by atoms with Gasteiger partial charge in [0, 0.05) is 25.8 Å². The Balaban J connectivity index is 1.41. The number of ether oxygens (including phenoxy) is 1. The van der Waals surface area contributed by atoms with E-state index in [1.54, 1.807) is 19.5 Å². The number of hydrogen-bond acceptors (Lipinski definition) is 7. The number of aliphatic hydroxyl groups excluding tert-OH is 1. The van der Waals surface area contributed by atoms with Crippen LogP contribution < -0.4 is 10.1 Å². The minimum atomic E-state index is -0.234. The van der Waals surface area contributed by atoms with Crippen LogP contribution in [0.3, 0.4) is 0 Å². The summed E-state index contributed by atoms with van der Waals surface area (Å²) in [5, 5.41) is 13.4. The summed E-state index contributed by atoms with van der Waals surface area (Å²) >= 11 is 6.42. The van der Waals surface area contributed by atoms with E-state index in [-0.39, 0.29) is 6.10 Å². The first-order valence-corrected chi connectivity index (χ1v) is 10.8. The average Bonchev–Trinajstić information content (AvgIpc) is 3.42. The Kier molecular flexibility index (Phi) is 5.65. The molecule has 4 aromatic rings. The van der Waals surface area contributed by atoms with Crippen molar-refractivity contribution in [3.05, 3.63) is 65.6 Å². The quantitative estimate of drug-likeness (QED) is 0.462. The van der Waals surface area contributed by atoms with Gasteiger partial charge in [-0.2, -0.15) is 0 Å². The highest BCUT2D eigenvalue weighted by Crippen LogP contribution is 2.31. The molecule has 5 rings (SSSR count). The predicted octanol–water partition coefficient (Wildman–Crippen LogP) is 3.76. The third-order valence-electron chi connectivity index (χ3n) is 5.57. The molecule has 0 unspecified atom stereocenters. The highest BCUT2D eigenvalue weighted by molar-refractivity contribution is 6.32. The van der Waals surface area contributed by atoms with Crippen molar-refractivity contribution in [1.29, 1.82) is 0 Å². The molecule has 2 N–H and O–H groups in total. The summed E-state index contributed by atoms with van der Waals surface area (Å²) in [6.07, 6.45) is 5.83. The van der Waals surface area contributed by atoms with Crippen LogP contribution in [0.15, 0.2) is 55.0 Å². The van der Waals surface area contributed by atoms with Crippen molar-refractivity contribution in [1.82, 2.24) is 24.3 Å². The second-order valence-electron chi connectivity index (χ2n) is 7.80. The zero-order chi connectivity index (χ0) is 22.1. The molecule has 0 bridgehead atoms. The monoisotopic (exact) mass is 450 g/mol. The summed E-state index contributed by atoms with van der Waals surface area (Å²) in [6.45, 7) is 2.37. The van der Waals surface area contributed by atoms with E-state index in [1.807, 2.05) is 47.0 Å². The number of hydrogen-bond donors (Lipinski definition) is 2. The van der Waals surface area contributed by atoms with Crippen LogP contribution in [0.4, 0.5) is 11.6 Å². The Morgan fingerprint density at radius 1 is 1.22 bits per heavy atom. The number of nitrogens with zero attached hydrogens (tertiary/aromatic N) is 5. The zero-order valence-electron chi connectivity index (χ0n) is 17.6. The molecule has 32 heavy (non-hydrogen) atoms. The van der Waals surface area contributed by atoms with Crippen LogP contribution in [-0.2, 0) is 6.54 Å². The molecule has 1 aliphatic rings. The van der Waals surface area contributed by atoms with E-state index in [0.29, 0.717) is 29.0 Å². The van der Waals surface area contributed by atoms with Gasteiger partial charge in [-0.25, -0.2) is 15.0 Å². The van der Waals surface area contributed by atoms with Gasteiger partial charge in [-0.15, -0.1) is 0 Å². The highest BCUT2D eigenvalue weighted by Gasteiger charge is 2.20. The van der Waals surface area contributed by atoms with E-state index in [1.165, 1.54) is 0 Å². The van der Waals surface area contributed by atoms with E-state index in [4.69, 9.17) is 16.3 Å². The lowest BCUT2D eigenvalue weighted by Crippen LogP contribution is -2.21. The second kappa shape index (κ2) is 8.74. The van der Waals surface area contributed by atoms with Gasteiger partial charge in [-0.3, -0.25) is 9.30 Å². The molecule has 1 saturated heterocycles. The minimum Gasteiger partial charge on any atom is -0.495 e. The Labute approximate surface area is 190 Å². The molecule has 0 amide bonds. The molecule has 1 aromatic carbocycles. The largest absolute Gasteiger partial charge is 0.495 e. The van der Waals surface area contributed by atoms with Crippen molar-refractivity contribution in [2.45, 2.75) is 19.1 Å². The number of imidazole rings is 1. The van der Waals surface area contributed by atoms with Gasteiger partial charge in [0.15, 0.2) is 0 Å². The molecule has 3 aromatic heterocycles. The fourth-order valence-corrected chi connectivity index (χ4v) is 4.17. The average molecular weight is 451 g/mol. The van der Waals surface area contributed by atoms with Gasteiger partial charge in [-0.05, 0) is 36.2 Å². The van der Waals surface area contributed by atoms with Crippen molar-refractivity contribution >= 4 is 28.9 Å². The predicted molar refractivity (Wildman–Crippen MR) is 123 cm³/mol. The van der Waals surface area contributed by atoms with E-state index in [0.717, 1.165) is 42.1 Å². The van der Waals surface area contributed by atoms with Gasteiger partial charge in [0.05, 0.1) is 42.0 Å². The van der Waals surface area contributed by atoms with Gasteiger partial charge in [0.25, 0.3) is 0 Å². The normalized spacial score (nSPS) is 16.5. The molecule has 9 heteroatoms. The van der Waals surface area contributed by atoms with Crippen LogP contribution >= 0.6 is 11.6 Å². The number of rotatable bonds is 6. The third-order valence-corrected chi connectivity index (χ3v) is 5.85. The zero-order valence-corrected chi connectivity index (χ0v) is 18.3. The molecule has 1 aliphatic heterocycles. The number of aromatic nitrogens is 4. The maximum absolute atomic E-state index is 9.75. The van der Waals surface area contributed by atoms with Crippen LogP contribution in [0.2, 0.25) is 5.02 Å². The van der Waals surface area contributed by atoms with E-state index in [2.05, 4.69) is 25.2 Å². The first-order chi connectivity index (χ1) is 15.6. The lowest BCUT2D eigenvalue weighted by atomic mass is 10.1. The first-order valence-electron chi connectivity index (χ1n) is 10.4. The van der Waals surface area contributed by atoms with Crippen LogP contribution in [0.5, 0.6) is 5.75 Å². The number of methoxy groups -OCH3 is 1. The maximum atomic E-state index is 9.75. The van der Waals surface area contributed by atoms with E-state index in [9.17, 15) is 5.11 Å². The molecule has 0 saturated carbocycles. The van der Waals surface area contributed by atoms with E-state index >= 15 is 0 Å². The van der Waals surface area contributed by atoms with Gasteiger partial charge >= 0.3 is 0 Å². The molecule has 1 fully saturated rings. The van der Waals surface area contributed by atoms with Gasteiger partial charge in [0.1, 0.15) is 17.1 Å².